The van der Waals surface area contributed by atoms with Gasteiger partial charge in [0.1, 0.15) is 11.6 Å². The number of rotatable bonds is 6. The molecule has 0 bridgehead atoms. The summed E-state index contributed by atoms with van der Waals surface area (Å²) in [5.41, 5.74) is 2.33. The zero-order chi connectivity index (χ0) is 19.3. The molecule has 3 aromatic carbocycles. The van der Waals surface area contributed by atoms with Gasteiger partial charge in [-0.25, -0.2) is 4.68 Å². The first kappa shape index (κ1) is 17.8. The number of anilines is 1. The SMILES string of the molecule is Cc1ccc(Cn2nccc2NC(=O)COc2ccc3ccccc3c2)cc1. The lowest BCUT2D eigenvalue weighted by atomic mass is 10.1. The Hall–Kier alpha value is -3.60. The molecule has 0 aliphatic rings. The second-order valence-electron chi connectivity index (χ2n) is 6.71. The van der Waals surface area contributed by atoms with E-state index in [9.17, 15) is 4.79 Å². The number of carbonyl (C=O) groups is 1. The van der Waals surface area contributed by atoms with Gasteiger partial charge in [0.25, 0.3) is 5.91 Å². The van der Waals surface area contributed by atoms with Crippen LogP contribution in [-0.2, 0) is 11.3 Å². The van der Waals surface area contributed by atoms with E-state index in [1.807, 2.05) is 42.5 Å². The normalized spacial score (nSPS) is 10.8. The van der Waals surface area contributed by atoms with E-state index >= 15 is 0 Å². The molecule has 0 atom stereocenters. The minimum atomic E-state index is -0.223. The van der Waals surface area contributed by atoms with Crippen molar-refractivity contribution in [2.75, 3.05) is 11.9 Å². The van der Waals surface area contributed by atoms with E-state index < -0.39 is 0 Å². The van der Waals surface area contributed by atoms with Crippen molar-refractivity contribution in [3.63, 3.8) is 0 Å². The second kappa shape index (κ2) is 7.96. The van der Waals surface area contributed by atoms with Gasteiger partial charge < -0.3 is 10.1 Å². The predicted molar refractivity (Wildman–Crippen MR) is 111 cm³/mol. The number of nitrogens with zero attached hydrogens (tertiary/aromatic N) is 2. The molecule has 4 aromatic rings. The van der Waals surface area contributed by atoms with Crippen LogP contribution in [0.2, 0.25) is 0 Å². The molecule has 0 saturated carbocycles. The van der Waals surface area contributed by atoms with Gasteiger partial charge in [-0.05, 0) is 35.4 Å². The lowest BCUT2D eigenvalue weighted by Gasteiger charge is -2.11. The summed E-state index contributed by atoms with van der Waals surface area (Å²) < 4.78 is 7.42. The molecule has 0 unspecified atom stereocenters. The molecule has 0 aliphatic carbocycles. The van der Waals surface area contributed by atoms with Crippen molar-refractivity contribution in [3.8, 4) is 5.75 Å². The van der Waals surface area contributed by atoms with Crippen LogP contribution in [0.25, 0.3) is 10.8 Å². The van der Waals surface area contributed by atoms with Crippen molar-refractivity contribution in [3.05, 3.63) is 90.1 Å². The number of hydrogen-bond acceptors (Lipinski definition) is 3. The highest BCUT2D eigenvalue weighted by atomic mass is 16.5. The summed E-state index contributed by atoms with van der Waals surface area (Å²) in [6.07, 6.45) is 1.67. The molecule has 1 N–H and O–H groups in total. The number of carbonyl (C=O) groups excluding carboxylic acids is 1. The van der Waals surface area contributed by atoms with Gasteiger partial charge in [0.2, 0.25) is 0 Å². The molecule has 0 radical (unpaired) electrons. The van der Waals surface area contributed by atoms with Gasteiger partial charge in [-0.15, -0.1) is 0 Å². The fourth-order valence-corrected chi connectivity index (χ4v) is 3.02. The van der Waals surface area contributed by atoms with Crippen LogP contribution in [0.5, 0.6) is 5.75 Å². The topological polar surface area (TPSA) is 56.2 Å². The molecule has 1 heterocycles. The average Bonchev–Trinajstić information content (AvgIpc) is 3.14. The number of aryl methyl sites for hydroxylation is 1. The molecule has 0 saturated heterocycles. The van der Waals surface area contributed by atoms with Crippen molar-refractivity contribution in [2.24, 2.45) is 0 Å². The maximum atomic E-state index is 12.3. The third kappa shape index (κ3) is 4.20. The first-order chi connectivity index (χ1) is 13.7. The summed E-state index contributed by atoms with van der Waals surface area (Å²) in [5, 5.41) is 9.39. The number of amides is 1. The van der Waals surface area contributed by atoms with Crippen molar-refractivity contribution in [2.45, 2.75) is 13.5 Å². The third-order valence-corrected chi connectivity index (χ3v) is 4.53. The quantitative estimate of drug-likeness (QED) is 0.546. The van der Waals surface area contributed by atoms with E-state index in [1.165, 1.54) is 5.56 Å². The van der Waals surface area contributed by atoms with Crippen LogP contribution in [0.4, 0.5) is 5.82 Å². The van der Waals surface area contributed by atoms with Gasteiger partial charge in [0, 0.05) is 6.07 Å². The predicted octanol–water partition coefficient (Wildman–Crippen LogP) is 4.41. The summed E-state index contributed by atoms with van der Waals surface area (Å²) in [7, 11) is 0. The van der Waals surface area contributed by atoms with Gasteiger partial charge in [-0.1, -0.05) is 60.2 Å². The average molecular weight is 371 g/mol. The van der Waals surface area contributed by atoms with E-state index in [-0.39, 0.29) is 12.5 Å². The van der Waals surface area contributed by atoms with E-state index in [2.05, 4.69) is 41.6 Å². The van der Waals surface area contributed by atoms with Crippen molar-refractivity contribution >= 4 is 22.5 Å². The molecule has 5 heteroatoms. The Labute approximate surface area is 163 Å². The molecule has 4 rings (SSSR count). The highest BCUT2D eigenvalue weighted by Gasteiger charge is 2.09. The van der Waals surface area contributed by atoms with Crippen LogP contribution >= 0.6 is 0 Å². The zero-order valence-corrected chi connectivity index (χ0v) is 15.6. The fourth-order valence-electron chi connectivity index (χ4n) is 3.02. The monoisotopic (exact) mass is 371 g/mol. The van der Waals surface area contributed by atoms with Gasteiger partial charge in [0.05, 0.1) is 12.7 Å². The second-order valence-corrected chi connectivity index (χ2v) is 6.71. The van der Waals surface area contributed by atoms with Crippen LogP contribution in [0.1, 0.15) is 11.1 Å². The molecular weight excluding hydrogens is 350 g/mol. The minimum absolute atomic E-state index is 0.0615. The Morgan fingerprint density at radius 1 is 1.00 bits per heavy atom. The molecular formula is C23H21N3O2. The number of fused-ring (bicyclic) bond motifs is 1. The van der Waals surface area contributed by atoms with E-state index in [4.69, 9.17) is 4.74 Å². The number of aromatic nitrogens is 2. The van der Waals surface area contributed by atoms with Crippen LogP contribution in [-0.4, -0.2) is 22.3 Å². The van der Waals surface area contributed by atoms with E-state index in [1.54, 1.807) is 16.9 Å². The summed E-state index contributed by atoms with van der Waals surface area (Å²) >= 11 is 0. The Bertz CT molecular complexity index is 1100. The molecule has 0 spiro atoms. The molecule has 5 nitrogen and oxygen atoms in total. The first-order valence-corrected chi connectivity index (χ1v) is 9.16. The Kier molecular flexibility index (Phi) is 5.06. The number of nitrogens with one attached hydrogen (secondary N) is 1. The fraction of sp³-hybridized carbons (Fsp3) is 0.130. The minimum Gasteiger partial charge on any atom is -0.484 e. The summed E-state index contributed by atoms with van der Waals surface area (Å²) in [6.45, 7) is 2.58. The summed E-state index contributed by atoms with van der Waals surface area (Å²) in [5.74, 6) is 1.09. The largest absolute Gasteiger partial charge is 0.484 e. The van der Waals surface area contributed by atoms with Crippen molar-refractivity contribution in [1.29, 1.82) is 0 Å². The highest BCUT2D eigenvalue weighted by molar-refractivity contribution is 5.91. The van der Waals surface area contributed by atoms with Crippen LogP contribution in [0, 0.1) is 6.92 Å². The molecule has 0 aliphatic heterocycles. The van der Waals surface area contributed by atoms with Gasteiger partial charge in [0.15, 0.2) is 6.61 Å². The molecule has 1 aromatic heterocycles. The smallest absolute Gasteiger partial charge is 0.263 e. The Morgan fingerprint density at radius 3 is 2.61 bits per heavy atom. The molecule has 140 valence electrons. The van der Waals surface area contributed by atoms with Crippen molar-refractivity contribution < 1.29 is 9.53 Å². The van der Waals surface area contributed by atoms with Gasteiger partial charge in [-0.2, -0.15) is 5.10 Å². The van der Waals surface area contributed by atoms with Gasteiger partial charge >= 0.3 is 0 Å². The van der Waals surface area contributed by atoms with E-state index in [0.29, 0.717) is 18.1 Å². The standard InChI is InChI=1S/C23H21N3O2/c1-17-6-8-18(9-7-17)15-26-22(12-13-24-26)25-23(27)16-28-21-11-10-19-4-2-3-5-20(19)14-21/h2-14H,15-16H2,1H3,(H,25,27). The van der Waals surface area contributed by atoms with Crippen LogP contribution in [0.3, 0.4) is 0 Å². The highest BCUT2D eigenvalue weighted by Crippen LogP contribution is 2.20. The summed E-state index contributed by atoms with van der Waals surface area (Å²) in [4.78, 5) is 12.3. The van der Waals surface area contributed by atoms with Gasteiger partial charge in [-0.3, -0.25) is 4.79 Å². The number of ether oxygens (including phenoxy) is 1. The lowest BCUT2D eigenvalue weighted by molar-refractivity contribution is -0.118. The molecule has 28 heavy (non-hydrogen) atoms. The van der Waals surface area contributed by atoms with E-state index in [0.717, 1.165) is 16.3 Å². The third-order valence-electron chi connectivity index (χ3n) is 4.53. The zero-order valence-electron chi connectivity index (χ0n) is 15.6. The molecule has 0 fully saturated rings. The summed E-state index contributed by atoms with van der Waals surface area (Å²) in [6, 6.07) is 23.9. The molecule has 1 amide bonds. The lowest BCUT2D eigenvalue weighted by Crippen LogP contribution is -2.22. The van der Waals surface area contributed by atoms with Crippen LogP contribution < -0.4 is 10.1 Å². The Morgan fingerprint density at radius 2 is 1.79 bits per heavy atom. The maximum Gasteiger partial charge on any atom is 0.263 e. The maximum absolute atomic E-state index is 12.3. The number of hydrogen-bond donors (Lipinski definition) is 1. The Balaban J connectivity index is 1.37. The number of benzene rings is 3. The van der Waals surface area contributed by atoms with Crippen molar-refractivity contribution in [1.82, 2.24) is 9.78 Å². The van der Waals surface area contributed by atoms with Crippen LogP contribution in [0.15, 0.2) is 79.0 Å². The first-order valence-electron chi connectivity index (χ1n) is 9.16.